The van der Waals surface area contributed by atoms with Gasteiger partial charge in [-0.3, -0.25) is 4.79 Å². The van der Waals surface area contributed by atoms with Crippen LogP contribution in [0.15, 0.2) is 18.2 Å². The fraction of sp³-hybridized carbons (Fsp3) is 0.364. The Labute approximate surface area is 94.4 Å². The van der Waals surface area contributed by atoms with Crippen molar-refractivity contribution in [3.8, 4) is 5.75 Å². The number of anilines is 1. The van der Waals surface area contributed by atoms with Crippen molar-refractivity contribution in [2.24, 2.45) is 0 Å². The third kappa shape index (κ3) is 2.86. The molecule has 0 heterocycles. The molecular weight excluding hydrogens is 214 g/mol. The smallest absolute Gasteiger partial charge is 0.239 e. The quantitative estimate of drug-likeness (QED) is 0.803. The second kappa shape index (κ2) is 5.61. The lowest BCUT2D eigenvalue weighted by molar-refractivity contribution is -0.113. The van der Waals surface area contributed by atoms with Gasteiger partial charge in [-0.05, 0) is 18.1 Å². The predicted octanol–water partition coefficient (Wildman–Crippen LogP) is 2.43. The van der Waals surface area contributed by atoms with Crippen LogP contribution in [0.3, 0.4) is 0 Å². The number of amides is 1. The third-order valence-corrected chi connectivity index (χ3v) is 2.34. The first-order valence-electron chi connectivity index (χ1n) is 4.74. The normalized spacial score (nSPS) is 9.80. The van der Waals surface area contributed by atoms with Crippen molar-refractivity contribution in [2.75, 3.05) is 18.3 Å². The Hall–Kier alpha value is -1.22. The first-order valence-corrected chi connectivity index (χ1v) is 5.28. The van der Waals surface area contributed by atoms with E-state index in [1.807, 2.05) is 25.1 Å². The molecule has 1 amide bonds. The molecule has 0 fully saturated rings. The summed E-state index contributed by atoms with van der Waals surface area (Å²) in [6.07, 6.45) is 0.828. The highest BCUT2D eigenvalue weighted by Crippen LogP contribution is 2.28. The van der Waals surface area contributed by atoms with E-state index in [1.165, 1.54) is 0 Å². The minimum absolute atomic E-state index is 0.0544. The summed E-state index contributed by atoms with van der Waals surface area (Å²) >= 11 is 5.44. The van der Waals surface area contributed by atoms with Crippen LogP contribution in [0, 0.1) is 0 Å². The van der Waals surface area contributed by atoms with Crippen molar-refractivity contribution in [3.05, 3.63) is 23.8 Å². The second-order valence-corrected chi connectivity index (χ2v) is 3.30. The fourth-order valence-electron chi connectivity index (χ4n) is 1.36. The van der Waals surface area contributed by atoms with Gasteiger partial charge in [-0.2, -0.15) is 0 Å². The minimum atomic E-state index is -0.226. The molecule has 0 aliphatic carbocycles. The molecule has 0 radical (unpaired) electrons. The largest absolute Gasteiger partial charge is 0.495 e. The van der Waals surface area contributed by atoms with E-state index < -0.39 is 0 Å². The van der Waals surface area contributed by atoms with Gasteiger partial charge in [0.25, 0.3) is 0 Å². The van der Waals surface area contributed by atoms with Crippen molar-refractivity contribution in [3.63, 3.8) is 0 Å². The van der Waals surface area contributed by atoms with E-state index in [9.17, 15) is 4.79 Å². The average Bonchev–Trinajstić information content (AvgIpc) is 2.29. The molecule has 0 aliphatic rings. The highest BCUT2D eigenvalue weighted by atomic mass is 35.5. The molecular formula is C11H14ClNO2. The Bertz CT molecular complexity index is 330. The van der Waals surface area contributed by atoms with Crippen molar-refractivity contribution >= 4 is 23.2 Å². The molecule has 0 unspecified atom stereocenters. The lowest BCUT2D eigenvalue weighted by atomic mass is 10.1. The molecule has 0 spiro atoms. The molecule has 0 aromatic heterocycles. The van der Waals surface area contributed by atoms with Gasteiger partial charge in [-0.15, -0.1) is 11.6 Å². The van der Waals surface area contributed by atoms with Gasteiger partial charge in [0, 0.05) is 0 Å². The number of carbonyl (C=O) groups is 1. The topological polar surface area (TPSA) is 38.3 Å². The molecule has 3 nitrogen and oxygen atoms in total. The first-order chi connectivity index (χ1) is 7.22. The number of halogens is 1. The summed E-state index contributed by atoms with van der Waals surface area (Å²) in [4.78, 5) is 11.2. The van der Waals surface area contributed by atoms with Crippen LogP contribution in [0.5, 0.6) is 5.75 Å². The van der Waals surface area contributed by atoms with E-state index in [1.54, 1.807) is 7.11 Å². The molecule has 0 saturated heterocycles. The summed E-state index contributed by atoms with van der Waals surface area (Å²) in [5.41, 5.74) is 1.75. The van der Waals surface area contributed by atoms with Crippen LogP contribution < -0.4 is 10.1 Å². The predicted molar refractivity (Wildman–Crippen MR) is 61.7 cm³/mol. The Morgan fingerprint density at radius 1 is 1.53 bits per heavy atom. The summed E-state index contributed by atoms with van der Waals surface area (Å²) in [5, 5.41) is 2.73. The molecule has 0 aliphatic heterocycles. The van der Waals surface area contributed by atoms with Crippen molar-refractivity contribution in [2.45, 2.75) is 13.3 Å². The number of aryl methyl sites for hydroxylation is 1. The SMILES string of the molecule is CCc1cccc(OC)c1NC(=O)CCl. The number of methoxy groups -OCH3 is 1. The molecule has 4 heteroatoms. The minimum Gasteiger partial charge on any atom is -0.495 e. The van der Waals surface area contributed by atoms with E-state index in [0.717, 1.165) is 12.0 Å². The summed E-state index contributed by atoms with van der Waals surface area (Å²) in [7, 11) is 1.57. The van der Waals surface area contributed by atoms with Crippen molar-refractivity contribution in [1.29, 1.82) is 0 Å². The van der Waals surface area contributed by atoms with E-state index in [4.69, 9.17) is 16.3 Å². The summed E-state index contributed by atoms with van der Waals surface area (Å²) < 4.78 is 5.18. The molecule has 82 valence electrons. The number of hydrogen-bond acceptors (Lipinski definition) is 2. The molecule has 1 aromatic carbocycles. The van der Waals surface area contributed by atoms with E-state index in [-0.39, 0.29) is 11.8 Å². The van der Waals surface area contributed by atoms with Crippen LogP contribution in [-0.2, 0) is 11.2 Å². The van der Waals surface area contributed by atoms with E-state index in [0.29, 0.717) is 11.4 Å². The third-order valence-electron chi connectivity index (χ3n) is 2.10. The lowest BCUT2D eigenvalue weighted by Crippen LogP contribution is -2.14. The number of carbonyl (C=O) groups excluding carboxylic acids is 1. The molecule has 1 rings (SSSR count). The monoisotopic (exact) mass is 227 g/mol. The Balaban J connectivity index is 3.05. The fourth-order valence-corrected chi connectivity index (χ4v) is 1.42. The molecule has 15 heavy (non-hydrogen) atoms. The molecule has 0 saturated carbocycles. The number of rotatable bonds is 4. The standard InChI is InChI=1S/C11H14ClNO2/c1-3-8-5-4-6-9(15-2)11(8)13-10(14)7-12/h4-6H,3,7H2,1-2H3,(H,13,14). The molecule has 1 aromatic rings. The Kier molecular flexibility index (Phi) is 4.43. The van der Waals surface area contributed by atoms with Gasteiger partial charge < -0.3 is 10.1 Å². The van der Waals surface area contributed by atoms with Gasteiger partial charge in [0.1, 0.15) is 11.6 Å². The maximum absolute atomic E-state index is 11.2. The average molecular weight is 228 g/mol. The number of ether oxygens (including phenoxy) is 1. The zero-order valence-corrected chi connectivity index (χ0v) is 9.60. The maximum atomic E-state index is 11.2. The van der Waals surface area contributed by atoms with Crippen LogP contribution in [-0.4, -0.2) is 18.9 Å². The van der Waals surface area contributed by atoms with Crippen molar-refractivity contribution in [1.82, 2.24) is 0 Å². The second-order valence-electron chi connectivity index (χ2n) is 3.03. The zero-order valence-electron chi connectivity index (χ0n) is 8.84. The Morgan fingerprint density at radius 2 is 2.27 bits per heavy atom. The van der Waals surface area contributed by atoms with Crippen LogP contribution in [0.2, 0.25) is 0 Å². The van der Waals surface area contributed by atoms with Crippen LogP contribution in [0.25, 0.3) is 0 Å². The first kappa shape index (κ1) is 11.9. The van der Waals surface area contributed by atoms with Crippen LogP contribution in [0.1, 0.15) is 12.5 Å². The van der Waals surface area contributed by atoms with Gasteiger partial charge >= 0.3 is 0 Å². The van der Waals surface area contributed by atoms with Gasteiger partial charge in [0.05, 0.1) is 12.8 Å². The lowest BCUT2D eigenvalue weighted by Gasteiger charge is -2.13. The number of benzene rings is 1. The van der Waals surface area contributed by atoms with Gasteiger partial charge in [-0.1, -0.05) is 19.1 Å². The summed E-state index contributed by atoms with van der Waals surface area (Å²) in [5.74, 6) is 0.380. The van der Waals surface area contributed by atoms with Gasteiger partial charge in [0.15, 0.2) is 0 Å². The van der Waals surface area contributed by atoms with Crippen molar-refractivity contribution < 1.29 is 9.53 Å². The van der Waals surface area contributed by atoms with Crippen LogP contribution >= 0.6 is 11.6 Å². The number of para-hydroxylation sites is 1. The Morgan fingerprint density at radius 3 is 2.80 bits per heavy atom. The highest BCUT2D eigenvalue weighted by Gasteiger charge is 2.10. The maximum Gasteiger partial charge on any atom is 0.239 e. The summed E-state index contributed by atoms with van der Waals surface area (Å²) in [6, 6.07) is 5.66. The number of nitrogens with one attached hydrogen (secondary N) is 1. The molecule has 0 bridgehead atoms. The van der Waals surface area contributed by atoms with Crippen LogP contribution in [0.4, 0.5) is 5.69 Å². The zero-order chi connectivity index (χ0) is 11.3. The number of hydrogen-bond donors (Lipinski definition) is 1. The van der Waals surface area contributed by atoms with Gasteiger partial charge in [-0.25, -0.2) is 0 Å². The highest BCUT2D eigenvalue weighted by molar-refractivity contribution is 6.29. The van der Waals surface area contributed by atoms with E-state index >= 15 is 0 Å². The molecule has 1 N–H and O–H groups in total. The summed E-state index contributed by atoms with van der Waals surface area (Å²) in [6.45, 7) is 2.02. The van der Waals surface area contributed by atoms with Gasteiger partial charge in [0.2, 0.25) is 5.91 Å². The molecule has 0 atom stereocenters. The van der Waals surface area contributed by atoms with E-state index in [2.05, 4.69) is 5.32 Å². The number of alkyl halides is 1.